The van der Waals surface area contributed by atoms with Crippen molar-refractivity contribution in [3.63, 3.8) is 0 Å². The molecule has 0 unspecified atom stereocenters. The van der Waals surface area contributed by atoms with Crippen molar-refractivity contribution in [1.29, 1.82) is 0 Å². The van der Waals surface area contributed by atoms with Crippen LogP contribution in [0.1, 0.15) is 14.7 Å². The lowest BCUT2D eigenvalue weighted by molar-refractivity contribution is 0.0787. The van der Waals surface area contributed by atoms with E-state index in [0.29, 0.717) is 11.8 Å². The Hall–Kier alpha value is -1.72. The molecule has 0 spiro atoms. The third kappa shape index (κ3) is 2.34. The van der Waals surface area contributed by atoms with Crippen LogP contribution in [0.3, 0.4) is 0 Å². The van der Waals surface area contributed by atoms with Crippen molar-refractivity contribution < 1.29 is 4.79 Å². The maximum absolute atomic E-state index is 13.0. The minimum absolute atomic E-state index is 0.152. The molecule has 114 valence electrons. The van der Waals surface area contributed by atoms with Gasteiger partial charge in [0, 0.05) is 31.7 Å². The second-order valence-corrected chi connectivity index (χ2v) is 7.37. The second-order valence-electron chi connectivity index (χ2n) is 6.17. The van der Waals surface area contributed by atoms with E-state index in [9.17, 15) is 4.79 Å². The number of fused-ring (bicyclic) bond motifs is 1. The SMILES string of the molecule is Cc1nc(-c2ccccc2)c(C(=O)N2C[C@H]3CNC[C@H]3C2)s1. The third-order valence-corrected chi connectivity index (χ3v) is 5.61. The molecule has 5 heteroatoms. The summed E-state index contributed by atoms with van der Waals surface area (Å²) in [5.41, 5.74) is 1.86. The lowest BCUT2D eigenvalue weighted by Crippen LogP contribution is -2.31. The zero-order chi connectivity index (χ0) is 15.1. The van der Waals surface area contributed by atoms with Gasteiger partial charge >= 0.3 is 0 Å². The molecule has 2 aliphatic rings. The standard InChI is InChI=1S/C17H19N3OS/c1-11-19-15(12-5-3-2-4-6-12)16(22-11)17(21)20-9-13-7-18-8-14(13)10-20/h2-6,13-14,18H,7-10H2,1H3/t13-,14+. The van der Waals surface area contributed by atoms with Crippen LogP contribution < -0.4 is 5.32 Å². The van der Waals surface area contributed by atoms with E-state index in [4.69, 9.17) is 0 Å². The molecular weight excluding hydrogens is 294 g/mol. The first-order valence-electron chi connectivity index (χ1n) is 7.75. The van der Waals surface area contributed by atoms with E-state index < -0.39 is 0 Å². The maximum atomic E-state index is 13.0. The molecule has 2 saturated heterocycles. The van der Waals surface area contributed by atoms with Crippen molar-refractivity contribution in [2.24, 2.45) is 11.8 Å². The van der Waals surface area contributed by atoms with Crippen LogP contribution in [-0.4, -0.2) is 42.0 Å². The topological polar surface area (TPSA) is 45.2 Å². The van der Waals surface area contributed by atoms with Crippen LogP contribution >= 0.6 is 11.3 Å². The molecule has 2 aliphatic heterocycles. The Labute approximate surface area is 134 Å². The average molecular weight is 313 g/mol. The number of rotatable bonds is 2. The van der Waals surface area contributed by atoms with Gasteiger partial charge in [0.25, 0.3) is 5.91 Å². The van der Waals surface area contributed by atoms with Gasteiger partial charge in [-0.3, -0.25) is 4.79 Å². The second kappa shape index (κ2) is 5.48. The molecule has 1 aromatic carbocycles. The van der Waals surface area contributed by atoms with E-state index in [1.54, 1.807) is 0 Å². The van der Waals surface area contributed by atoms with Crippen LogP contribution in [0.2, 0.25) is 0 Å². The van der Waals surface area contributed by atoms with Crippen LogP contribution in [0.5, 0.6) is 0 Å². The van der Waals surface area contributed by atoms with Gasteiger partial charge in [-0.2, -0.15) is 0 Å². The van der Waals surface area contributed by atoms with E-state index in [2.05, 4.69) is 10.3 Å². The Morgan fingerprint density at radius 1 is 1.23 bits per heavy atom. The number of thiazole rings is 1. The van der Waals surface area contributed by atoms with Crippen LogP contribution in [0.25, 0.3) is 11.3 Å². The summed E-state index contributed by atoms with van der Waals surface area (Å²) in [6.45, 7) is 5.81. The van der Waals surface area contributed by atoms with Crippen molar-refractivity contribution in [2.45, 2.75) is 6.92 Å². The number of carbonyl (C=O) groups is 1. The Morgan fingerprint density at radius 3 is 2.59 bits per heavy atom. The summed E-state index contributed by atoms with van der Waals surface area (Å²) in [5.74, 6) is 1.40. The minimum atomic E-state index is 0.152. The van der Waals surface area contributed by atoms with Crippen LogP contribution in [0, 0.1) is 18.8 Å². The van der Waals surface area contributed by atoms with E-state index >= 15 is 0 Å². The van der Waals surface area contributed by atoms with Gasteiger partial charge < -0.3 is 10.2 Å². The number of amides is 1. The van der Waals surface area contributed by atoms with Gasteiger partial charge in [0.2, 0.25) is 0 Å². The fourth-order valence-electron chi connectivity index (χ4n) is 3.53. The summed E-state index contributed by atoms with van der Waals surface area (Å²) < 4.78 is 0. The molecule has 22 heavy (non-hydrogen) atoms. The van der Waals surface area contributed by atoms with Gasteiger partial charge in [-0.25, -0.2) is 4.98 Å². The van der Waals surface area contributed by atoms with Crippen molar-refractivity contribution in [3.05, 3.63) is 40.2 Å². The van der Waals surface area contributed by atoms with Crippen molar-refractivity contribution in [3.8, 4) is 11.3 Å². The molecule has 2 atom stereocenters. The highest BCUT2D eigenvalue weighted by molar-refractivity contribution is 7.14. The van der Waals surface area contributed by atoms with Crippen LogP contribution in [-0.2, 0) is 0 Å². The van der Waals surface area contributed by atoms with Gasteiger partial charge in [-0.05, 0) is 18.8 Å². The first kappa shape index (κ1) is 13.9. The third-order valence-electron chi connectivity index (χ3n) is 4.65. The van der Waals surface area contributed by atoms with Gasteiger partial charge in [0.1, 0.15) is 4.88 Å². The maximum Gasteiger partial charge on any atom is 0.266 e. The predicted octanol–water partition coefficient (Wildman–Crippen LogP) is 2.41. The van der Waals surface area contributed by atoms with Gasteiger partial charge in [0.15, 0.2) is 0 Å². The number of hydrogen-bond acceptors (Lipinski definition) is 4. The minimum Gasteiger partial charge on any atom is -0.337 e. The first-order chi connectivity index (χ1) is 10.7. The highest BCUT2D eigenvalue weighted by atomic mass is 32.1. The molecule has 0 aliphatic carbocycles. The molecule has 1 N–H and O–H groups in total. The molecule has 4 rings (SSSR count). The highest BCUT2D eigenvalue weighted by Crippen LogP contribution is 2.32. The molecule has 2 aromatic rings. The molecule has 3 heterocycles. The number of likely N-dealkylation sites (tertiary alicyclic amines) is 1. The quantitative estimate of drug-likeness (QED) is 0.926. The zero-order valence-electron chi connectivity index (χ0n) is 12.6. The Balaban J connectivity index is 1.64. The summed E-state index contributed by atoms with van der Waals surface area (Å²) >= 11 is 1.51. The Bertz CT molecular complexity index is 685. The zero-order valence-corrected chi connectivity index (χ0v) is 13.4. The lowest BCUT2D eigenvalue weighted by atomic mass is 10.0. The summed E-state index contributed by atoms with van der Waals surface area (Å²) in [6, 6.07) is 10.0. The molecule has 0 radical (unpaired) electrons. The number of aryl methyl sites for hydroxylation is 1. The Kier molecular flexibility index (Phi) is 3.47. The number of benzene rings is 1. The summed E-state index contributed by atoms with van der Waals surface area (Å²) in [4.78, 5) is 20.4. The lowest BCUT2D eigenvalue weighted by Gasteiger charge is -2.17. The number of hydrogen-bond donors (Lipinski definition) is 1. The number of carbonyl (C=O) groups excluding carboxylic acids is 1. The normalized spacial score (nSPS) is 23.8. The number of nitrogens with one attached hydrogen (secondary N) is 1. The van der Waals surface area contributed by atoms with E-state index in [1.807, 2.05) is 42.2 Å². The van der Waals surface area contributed by atoms with Gasteiger partial charge in [-0.15, -0.1) is 11.3 Å². The van der Waals surface area contributed by atoms with Crippen molar-refractivity contribution in [2.75, 3.05) is 26.2 Å². The van der Waals surface area contributed by atoms with Crippen molar-refractivity contribution >= 4 is 17.2 Å². The summed E-state index contributed by atoms with van der Waals surface area (Å²) in [6.07, 6.45) is 0. The molecule has 0 bridgehead atoms. The van der Waals surface area contributed by atoms with Gasteiger partial charge in [-0.1, -0.05) is 30.3 Å². The molecule has 4 nitrogen and oxygen atoms in total. The van der Waals surface area contributed by atoms with Crippen molar-refractivity contribution in [1.82, 2.24) is 15.2 Å². The molecule has 1 amide bonds. The molecule has 2 fully saturated rings. The molecule has 0 saturated carbocycles. The smallest absolute Gasteiger partial charge is 0.266 e. The predicted molar refractivity (Wildman–Crippen MR) is 88.0 cm³/mol. The average Bonchev–Trinajstić information content (AvgIpc) is 3.21. The van der Waals surface area contributed by atoms with E-state index in [0.717, 1.165) is 47.3 Å². The van der Waals surface area contributed by atoms with Crippen LogP contribution in [0.4, 0.5) is 0 Å². The largest absolute Gasteiger partial charge is 0.337 e. The van der Waals surface area contributed by atoms with E-state index in [-0.39, 0.29) is 5.91 Å². The number of nitrogens with zero attached hydrogens (tertiary/aromatic N) is 2. The highest BCUT2D eigenvalue weighted by Gasteiger charge is 2.39. The fraction of sp³-hybridized carbons (Fsp3) is 0.412. The monoisotopic (exact) mass is 313 g/mol. The molecular formula is C17H19N3OS. The summed E-state index contributed by atoms with van der Waals surface area (Å²) in [5, 5.41) is 4.36. The van der Waals surface area contributed by atoms with E-state index in [1.165, 1.54) is 11.3 Å². The first-order valence-corrected chi connectivity index (χ1v) is 8.57. The fourth-order valence-corrected chi connectivity index (χ4v) is 4.44. The number of aromatic nitrogens is 1. The van der Waals surface area contributed by atoms with Gasteiger partial charge in [0.05, 0.1) is 10.7 Å². The molecule has 1 aromatic heterocycles. The summed E-state index contributed by atoms with van der Waals surface area (Å²) in [7, 11) is 0. The van der Waals surface area contributed by atoms with Crippen LogP contribution in [0.15, 0.2) is 30.3 Å². The Morgan fingerprint density at radius 2 is 1.91 bits per heavy atom.